The molecular formula is C63H66N3+3. The van der Waals surface area contributed by atoms with Crippen LogP contribution >= 0.6 is 0 Å². The van der Waals surface area contributed by atoms with E-state index in [1.165, 1.54) is 46.0 Å². The normalized spacial score (nSPS) is 14.5. The molecule has 0 radical (unpaired) electrons. The Morgan fingerprint density at radius 2 is 0.773 bits per heavy atom. The summed E-state index contributed by atoms with van der Waals surface area (Å²) in [5.41, 5.74) is 18.8. The van der Waals surface area contributed by atoms with Crippen molar-refractivity contribution < 1.29 is 27.4 Å². The molecule has 0 aliphatic carbocycles. The van der Waals surface area contributed by atoms with Gasteiger partial charge in [0.15, 0.2) is 18.6 Å². The average molecular weight is 875 g/mol. The summed E-state index contributed by atoms with van der Waals surface area (Å²) in [6.45, 7) is 1.41. The van der Waals surface area contributed by atoms with Crippen LogP contribution in [0.25, 0.3) is 67.2 Å². The summed E-state index contributed by atoms with van der Waals surface area (Å²) in [7, 11) is 6.10. The molecule has 0 aliphatic rings. The van der Waals surface area contributed by atoms with E-state index in [0.717, 1.165) is 50.3 Å². The molecule has 330 valence electrons. The molecule has 0 N–H and O–H groups in total. The highest BCUT2D eigenvalue weighted by Crippen LogP contribution is 2.27. The van der Waals surface area contributed by atoms with Crippen LogP contribution in [0.3, 0.4) is 0 Å². The van der Waals surface area contributed by atoms with Crippen molar-refractivity contribution in [1.82, 2.24) is 0 Å². The highest BCUT2D eigenvalue weighted by molar-refractivity contribution is 5.69. The topological polar surface area (TPSA) is 11.6 Å². The molecule has 3 aromatic heterocycles. The molecule has 6 aromatic carbocycles. The summed E-state index contributed by atoms with van der Waals surface area (Å²) in [6, 6.07) is 59.7. The SMILES string of the molecule is [2H]C([2H])([2H])C([2H])(C)c1ccc(-c2ccc(-c3ccccc3C)[n+](C)c2)cc1.[2H]C([2H])([2H])Cc1ccc(-c2ccc(-c3ccccc3C)[n+](C)c2)cc1.[2H]C([2H])([2H])c1ccc(-c2ccc(-c3ccccc3C)[n+](C)c2)cc1. The zero-order valence-corrected chi connectivity index (χ0v) is 39.1. The van der Waals surface area contributed by atoms with Crippen LogP contribution in [0.4, 0.5) is 0 Å². The molecule has 1 unspecified atom stereocenters. The zero-order valence-electron chi connectivity index (χ0n) is 49.1. The van der Waals surface area contributed by atoms with Gasteiger partial charge in [0.2, 0.25) is 17.1 Å². The van der Waals surface area contributed by atoms with Crippen molar-refractivity contribution in [1.29, 1.82) is 0 Å². The second-order valence-electron chi connectivity index (χ2n) is 16.8. The number of benzene rings is 6. The second-order valence-corrected chi connectivity index (χ2v) is 16.8. The lowest BCUT2D eigenvalue weighted by Gasteiger charge is -2.08. The van der Waals surface area contributed by atoms with E-state index in [1.54, 1.807) is 24.3 Å². The maximum Gasteiger partial charge on any atom is 0.212 e. The van der Waals surface area contributed by atoms with Crippen LogP contribution in [0, 0.1) is 27.6 Å². The van der Waals surface area contributed by atoms with Crippen molar-refractivity contribution in [2.75, 3.05) is 0 Å². The van der Waals surface area contributed by atoms with Gasteiger partial charge in [-0.05, 0) is 121 Å². The summed E-state index contributed by atoms with van der Waals surface area (Å²) < 4.78 is 81.8. The third-order valence-corrected chi connectivity index (χ3v) is 12.0. The maximum atomic E-state index is 8.20. The Bertz CT molecular complexity index is 3430. The van der Waals surface area contributed by atoms with Gasteiger partial charge in [0.25, 0.3) is 0 Å². The standard InChI is InChI=1S/C22H24N.C21H22N.C20H20N/c1-16(2)18-9-11-19(12-10-18)20-13-14-22(23(4)15-20)21-8-6-5-7-17(21)3;1-4-17-9-11-18(12-10-17)19-13-14-21(22(3)15-19)20-8-6-5-7-16(20)2;1-15-8-10-17(11-9-15)18-12-13-20(21(3)14-18)19-7-5-4-6-16(19)2/h5-16H,1-4H3;5-15H,4H2,1-3H3;4-14H,1-3H3/q3*+1/i1D3,16D;2*1D3. The minimum atomic E-state index is -2.36. The lowest BCUT2D eigenvalue weighted by atomic mass is 9.98. The van der Waals surface area contributed by atoms with E-state index in [4.69, 9.17) is 13.7 Å². The molecule has 9 rings (SSSR count). The molecule has 1 atom stereocenters. The smallest absolute Gasteiger partial charge is 0.200 e. The van der Waals surface area contributed by atoms with Gasteiger partial charge in [0.05, 0.1) is 0 Å². The lowest BCUT2D eigenvalue weighted by Crippen LogP contribution is -2.30. The van der Waals surface area contributed by atoms with Crippen LogP contribution in [0.1, 0.15) is 73.6 Å². The quantitative estimate of drug-likeness (QED) is 0.135. The highest BCUT2D eigenvalue weighted by atomic mass is 14.9. The first-order valence-corrected chi connectivity index (χ1v) is 22.3. The Hall–Kier alpha value is -7.23. The molecular weight excluding hydrogens is 799 g/mol. The highest BCUT2D eigenvalue weighted by Gasteiger charge is 2.16. The van der Waals surface area contributed by atoms with Gasteiger partial charge in [-0.25, -0.2) is 13.7 Å². The zero-order chi connectivity index (χ0) is 55.2. The van der Waals surface area contributed by atoms with Crippen molar-refractivity contribution >= 4 is 0 Å². The first kappa shape index (κ1) is 35.1. The molecule has 0 aliphatic heterocycles. The monoisotopic (exact) mass is 875 g/mol. The maximum absolute atomic E-state index is 8.20. The largest absolute Gasteiger partial charge is 0.212 e. The van der Waals surface area contributed by atoms with E-state index in [9.17, 15) is 0 Å². The fraction of sp³-hybridized carbons (Fsp3) is 0.190. The average Bonchev–Trinajstić information content (AvgIpc) is 3.37. The van der Waals surface area contributed by atoms with Gasteiger partial charge in [-0.2, -0.15) is 0 Å². The van der Waals surface area contributed by atoms with Crippen LogP contribution in [0.5, 0.6) is 0 Å². The number of rotatable bonds is 8. The summed E-state index contributed by atoms with van der Waals surface area (Å²) >= 11 is 0. The van der Waals surface area contributed by atoms with E-state index in [0.29, 0.717) is 11.1 Å². The van der Waals surface area contributed by atoms with Crippen LogP contribution in [0.15, 0.2) is 201 Å². The van der Waals surface area contributed by atoms with E-state index < -0.39 is 26.4 Å². The fourth-order valence-electron chi connectivity index (χ4n) is 8.15. The Kier molecular flexibility index (Phi) is 11.5. The van der Waals surface area contributed by atoms with Crippen molar-refractivity contribution in [2.45, 2.75) is 60.6 Å². The molecule has 9 aromatic rings. The van der Waals surface area contributed by atoms with E-state index >= 15 is 0 Å². The van der Waals surface area contributed by atoms with Crippen LogP contribution in [0.2, 0.25) is 0 Å². The third kappa shape index (κ3) is 11.3. The van der Waals surface area contributed by atoms with E-state index in [1.807, 2.05) is 100 Å². The van der Waals surface area contributed by atoms with Gasteiger partial charge < -0.3 is 0 Å². The summed E-state index contributed by atoms with van der Waals surface area (Å²) in [5.74, 6) is -1.62. The molecule has 0 bridgehead atoms. The van der Waals surface area contributed by atoms with E-state index in [2.05, 4.69) is 132 Å². The van der Waals surface area contributed by atoms with E-state index in [-0.39, 0.29) is 6.42 Å². The van der Waals surface area contributed by atoms with Crippen molar-refractivity contribution in [3.63, 3.8) is 0 Å². The first-order chi connectivity index (χ1) is 35.8. The summed E-state index contributed by atoms with van der Waals surface area (Å²) in [5, 5.41) is 0. The number of aromatic nitrogens is 3. The fourth-order valence-corrected chi connectivity index (χ4v) is 8.15. The number of pyridine rings is 3. The van der Waals surface area contributed by atoms with Crippen LogP contribution in [-0.2, 0) is 27.6 Å². The molecule has 3 heterocycles. The minimum absolute atomic E-state index is 0.104. The second kappa shape index (κ2) is 21.6. The molecule has 0 fully saturated rings. The minimum Gasteiger partial charge on any atom is -0.200 e. The molecule has 3 heteroatoms. The van der Waals surface area contributed by atoms with Crippen LogP contribution in [-0.4, -0.2) is 0 Å². The number of aryl methyl sites for hydroxylation is 8. The number of hydrogen-bond donors (Lipinski definition) is 0. The summed E-state index contributed by atoms with van der Waals surface area (Å²) in [6.07, 6.45) is 6.36. The first-order valence-electron chi connectivity index (χ1n) is 27.3. The van der Waals surface area contributed by atoms with Crippen molar-refractivity contribution in [2.24, 2.45) is 21.1 Å². The Labute approximate surface area is 409 Å². The number of nitrogens with zero attached hydrogens (tertiary/aromatic N) is 3. The predicted octanol–water partition coefficient (Wildman–Crippen LogP) is 14.5. The third-order valence-electron chi connectivity index (χ3n) is 12.0. The molecule has 3 nitrogen and oxygen atoms in total. The molecule has 0 spiro atoms. The Morgan fingerprint density at radius 1 is 0.424 bits per heavy atom. The van der Waals surface area contributed by atoms with Crippen molar-refractivity contribution in [3.05, 3.63) is 234 Å². The predicted molar refractivity (Wildman–Crippen MR) is 278 cm³/mol. The lowest BCUT2D eigenvalue weighted by molar-refractivity contribution is -0.660. The molecule has 66 heavy (non-hydrogen) atoms. The Morgan fingerprint density at radius 3 is 1.11 bits per heavy atom. The van der Waals surface area contributed by atoms with Crippen LogP contribution < -0.4 is 13.7 Å². The van der Waals surface area contributed by atoms with Gasteiger partial charge in [0.1, 0.15) is 21.1 Å². The molecule has 0 saturated heterocycles. The van der Waals surface area contributed by atoms with Crippen molar-refractivity contribution in [3.8, 4) is 67.2 Å². The van der Waals surface area contributed by atoms with Gasteiger partial charge in [-0.3, -0.25) is 0 Å². The Balaban J connectivity index is 0.000000166. The van der Waals surface area contributed by atoms with Gasteiger partial charge in [-0.15, -0.1) is 0 Å². The van der Waals surface area contributed by atoms with Gasteiger partial charge in [0, 0.05) is 65.3 Å². The van der Waals surface area contributed by atoms with Gasteiger partial charge in [-0.1, -0.05) is 154 Å². The number of hydrogen-bond acceptors (Lipinski definition) is 0. The van der Waals surface area contributed by atoms with Gasteiger partial charge >= 0.3 is 0 Å². The summed E-state index contributed by atoms with van der Waals surface area (Å²) in [4.78, 5) is 0. The molecule has 0 saturated carbocycles. The molecule has 0 amide bonds.